The van der Waals surface area contributed by atoms with Crippen LogP contribution in [0.5, 0.6) is 0 Å². The summed E-state index contributed by atoms with van der Waals surface area (Å²) in [6.45, 7) is 1.72. The molecule has 62 valence electrons. The van der Waals surface area contributed by atoms with E-state index in [1.807, 2.05) is 0 Å². The molecule has 0 fully saturated rings. The zero-order chi connectivity index (χ0) is 8.65. The van der Waals surface area contributed by atoms with Crippen LogP contribution in [0, 0.1) is 6.92 Å². The van der Waals surface area contributed by atoms with Crippen molar-refractivity contribution >= 4 is 37.3 Å². The summed E-state index contributed by atoms with van der Waals surface area (Å²) in [5.74, 6) is 0. The fourth-order valence-corrected chi connectivity index (χ4v) is 4.05. The van der Waals surface area contributed by atoms with E-state index >= 15 is 0 Å². The van der Waals surface area contributed by atoms with Crippen molar-refractivity contribution in [3.63, 3.8) is 0 Å². The minimum Gasteiger partial charge on any atom is -0.225 e. The van der Waals surface area contributed by atoms with Crippen LogP contribution in [0.1, 0.15) is 4.88 Å². The highest BCUT2D eigenvalue weighted by atomic mass is 79.9. The highest BCUT2D eigenvalue weighted by molar-refractivity contribution is 9.10. The molecule has 0 aliphatic rings. The average Bonchev–Trinajstić information content (AvgIpc) is 2.08. The molecule has 0 saturated carbocycles. The number of halogens is 1. The van der Waals surface area contributed by atoms with Gasteiger partial charge in [0, 0.05) is 14.7 Å². The second-order valence-corrected chi connectivity index (χ2v) is 5.45. The maximum atomic E-state index is 10.9. The van der Waals surface area contributed by atoms with Crippen LogP contribution in [0.15, 0.2) is 14.7 Å². The Labute approximate surface area is 77.4 Å². The largest absolute Gasteiger partial charge is 0.240 e. The van der Waals surface area contributed by atoms with E-state index in [0.717, 1.165) is 0 Å². The Hall–Kier alpha value is 0.0900. The lowest BCUT2D eigenvalue weighted by Gasteiger charge is -1.95. The molecule has 0 atom stereocenters. The number of thiophene rings is 1. The van der Waals surface area contributed by atoms with Gasteiger partial charge in [-0.2, -0.15) is 0 Å². The first kappa shape index (κ1) is 9.18. The van der Waals surface area contributed by atoms with Crippen molar-refractivity contribution in [2.75, 3.05) is 0 Å². The van der Waals surface area contributed by atoms with E-state index < -0.39 is 10.0 Å². The first-order valence-electron chi connectivity index (χ1n) is 2.69. The third-order valence-electron chi connectivity index (χ3n) is 1.16. The average molecular weight is 256 g/mol. The number of aryl methyl sites for hydroxylation is 1. The summed E-state index contributed by atoms with van der Waals surface area (Å²) in [6.07, 6.45) is 0. The van der Waals surface area contributed by atoms with Crippen molar-refractivity contribution in [2.45, 2.75) is 11.8 Å². The fraction of sp³-hybridized carbons (Fsp3) is 0.200. The molecule has 3 nitrogen and oxygen atoms in total. The molecule has 0 aromatic carbocycles. The minimum absolute atomic E-state index is 0.197. The van der Waals surface area contributed by atoms with Crippen LogP contribution in [0.25, 0.3) is 0 Å². The zero-order valence-corrected chi connectivity index (χ0v) is 8.88. The molecule has 0 aliphatic carbocycles. The number of hydrogen-bond donors (Lipinski definition) is 1. The van der Waals surface area contributed by atoms with Crippen LogP contribution in [-0.2, 0) is 10.0 Å². The standard InChI is InChI=1S/C5H6BrNO2S2/c1-3-5(11(7,8)9)4(6)2-10-3/h2H,1H3,(H2,7,8,9). The van der Waals surface area contributed by atoms with Gasteiger partial charge in [0.25, 0.3) is 0 Å². The van der Waals surface area contributed by atoms with Crippen molar-refractivity contribution < 1.29 is 8.42 Å². The van der Waals surface area contributed by atoms with Gasteiger partial charge in [-0.3, -0.25) is 0 Å². The Morgan fingerprint density at radius 3 is 2.36 bits per heavy atom. The van der Waals surface area contributed by atoms with Crippen molar-refractivity contribution in [3.05, 3.63) is 14.7 Å². The van der Waals surface area contributed by atoms with Crippen LogP contribution >= 0.6 is 27.3 Å². The molecule has 0 spiro atoms. The number of sulfonamides is 1. The van der Waals surface area contributed by atoms with E-state index in [2.05, 4.69) is 15.9 Å². The van der Waals surface area contributed by atoms with Crippen LogP contribution in [-0.4, -0.2) is 8.42 Å². The molecule has 11 heavy (non-hydrogen) atoms. The van der Waals surface area contributed by atoms with Gasteiger partial charge in [0.2, 0.25) is 10.0 Å². The molecule has 1 rings (SSSR count). The molecule has 0 unspecified atom stereocenters. The summed E-state index contributed by atoms with van der Waals surface area (Å²) < 4.78 is 22.3. The van der Waals surface area contributed by atoms with Crippen molar-refractivity contribution in [3.8, 4) is 0 Å². The molecule has 0 amide bonds. The minimum atomic E-state index is -3.56. The molecular formula is C5H6BrNO2S2. The van der Waals surface area contributed by atoms with Gasteiger partial charge in [0.1, 0.15) is 4.90 Å². The van der Waals surface area contributed by atoms with E-state index in [1.54, 1.807) is 12.3 Å². The van der Waals surface area contributed by atoms with E-state index in [4.69, 9.17) is 5.14 Å². The molecule has 0 aliphatic heterocycles. The molecule has 1 heterocycles. The van der Waals surface area contributed by atoms with Crippen molar-refractivity contribution in [1.82, 2.24) is 0 Å². The Kier molecular flexibility index (Phi) is 2.38. The van der Waals surface area contributed by atoms with Gasteiger partial charge < -0.3 is 0 Å². The summed E-state index contributed by atoms with van der Waals surface area (Å²) in [6, 6.07) is 0. The Bertz CT molecular complexity index is 348. The SMILES string of the molecule is Cc1scc(Br)c1S(N)(=O)=O. The number of hydrogen-bond acceptors (Lipinski definition) is 3. The van der Waals surface area contributed by atoms with E-state index in [-0.39, 0.29) is 4.90 Å². The fourth-order valence-electron chi connectivity index (χ4n) is 0.752. The molecule has 2 N–H and O–H groups in total. The van der Waals surface area contributed by atoms with Crippen LogP contribution in [0.2, 0.25) is 0 Å². The lowest BCUT2D eigenvalue weighted by Crippen LogP contribution is -2.12. The van der Waals surface area contributed by atoms with Gasteiger partial charge in [-0.1, -0.05) is 0 Å². The Morgan fingerprint density at radius 1 is 1.64 bits per heavy atom. The monoisotopic (exact) mass is 255 g/mol. The molecule has 6 heteroatoms. The summed E-state index contributed by atoms with van der Waals surface area (Å²) in [5, 5.41) is 6.66. The van der Waals surface area contributed by atoms with Gasteiger partial charge >= 0.3 is 0 Å². The Balaban J connectivity index is 3.45. The lowest BCUT2D eigenvalue weighted by atomic mass is 10.5. The van der Waals surface area contributed by atoms with E-state index in [1.165, 1.54) is 11.3 Å². The van der Waals surface area contributed by atoms with Crippen LogP contribution in [0.3, 0.4) is 0 Å². The van der Waals surface area contributed by atoms with Gasteiger partial charge in [-0.15, -0.1) is 11.3 Å². The second kappa shape index (κ2) is 2.85. The van der Waals surface area contributed by atoms with Gasteiger partial charge in [0.05, 0.1) is 0 Å². The van der Waals surface area contributed by atoms with Crippen molar-refractivity contribution in [1.29, 1.82) is 0 Å². The van der Waals surface area contributed by atoms with Crippen LogP contribution < -0.4 is 5.14 Å². The summed E-state index contributed by atoms with van der Waals surface area (Å²) in [4.78, 5) is 0.905. The number of primary sulfonamides is 1. The lowest BCUT2D eigenvalue weighted by molar-refractivity contribution is 0.597. The Morgan fingerprint density at radius 2 is 2.18 bits per heavy atom. The predicted molar refractivity (Wildman–Crippen MR) is 48.1 cm³/mol. The molecule has 1 aromatic heterocycles. The summed E-state index contributed by atoms with van der Waals surface area (Å²) >= 11 is 4.46. The molecule has 0 saturated heterocycles. The second-order valence-electron chi connectivity index (χ2n) is 2.01. The summed E-state index contributed by atoms with van der Waals surface area (Å²) in [5.41, 5.74) is 0. The van der Waals surface area contributed by atoms with E-state index in [9.17, 15) is 8.42 Å². The van der Waals surface area contributed by atoms with E-state index in [0.29, 0.717) is 9.35 Å². The molecule has 0 bridgehead atoms. The third kappa shape index (κ3) is 1.81. The van der Waals surface area contributed by atoms with Gasteiger partial charge in [-0.05, 0) is 22.9 Å². The van der Waals surface area contributed by atoms with Crippen molar-refractivity contribution in [2.24, 2.45) is 5.14 Å². The molecular weight excluding hydrogens is 250 g/mol. The maximum absolute atomic E-state index is 10.9. The topological polar surface area (TPSA) is 60.2 Å². The normalized spacial score (nSPS) is 11.9. The predicted octanol–water partition coefficient (Wildman–Crippen LogP) is 1.47. The highest BCUT2D eigenvalue weighted by Gasteiger charge is 2.16. The van der Waals surface area contributed by atoms with Gasteiger partial charge in [0.15, 0.2) is 0 Å². The first-order chi connectivity index (χ1) is 4.93. The van der Waals surface area contributed by atoms with Crippen LogP contribution in [0.4, 0.5) is 0 Å². The third-order valence-corrected chi connectivity index (χ3v) is 4.49. The summed E-state index contributed by atoms with van der Waals surface area (Å²) in [7, 11) is -3.56. The quantitative estimate of drug-likeness (QED) is 0.827. The zero-order valence-electron chi connectivity index (χ0n) is 5.67. The number of nitrogens with two attached hydrogens (primary N) is 1. The first-order valence-corrected chi connectivity index (χ1v) is 5.91. The highest BCUT2D eigenvalue weighted by Crippen LogP contribution is 2.29. The maximum Gasteiger partial charge on any atom is 0.240 e. The number of rotatable bonds is 1. The smallest absolute Gasteiger partial charge is 0.225 e. The molecule has 1 aromatic rings. The molecule has 0 radical (unpaired) electrons. The van der Waals surface area contributed by atoms with Gasteiger partial charge in [-0.25, -0.2) is 13.6 Å².